The van der Waals surface area contributed by atoms with Crippen LogP contribution >= 0.6 is 27.3 Å². The van der Waals surface area contributed by atoms with Crippen LogP contribution < -0.4 is 10.0 Å². The fourth-order valence-corrected chi connectivity index (χ4v) is 5.19. The number of nitrogens with one attached hydrogen (secondary N) is 2. The van der Waals surface area contributed by atoms with Crippen LogP contribution in [0.15, 0.2) is 39.1 Å². The molecule has 0 saturated heterocycles. The summed E-state index contributed by atoms with van der Waals surface area (Å²) in [5.74, 6) is 0.304. The van der Waals surface area contributed by atoms with Crippen molar-refractivity contribution < 1.29 is 8.42 Å². The van der Waals surface area contributed by atoms with Gasteiger partial charge in [-0.2, -0.15) is 0 Å². The molecule has 0 unspecified atom stereocenters. The van der Waals surface area contributed by atoms with Crippen LogP contribution in [0.4, 0.5) is 5.82 Å². The van der Waals surface area contributed by atoms with E-state index in [-0.39, 0.29) is 4.90 Å². The molecule has 0 aliphatic carbocycles. The summed E-state index contributed by atoms with van der Waals surface area (Å²) < 4.78 is 27.7. The summed E-state index contributed by atoms with van der Waals surface area (Å²) in [6.07, 6.45) is 1.54. The van der Waals surface area contributed by atoms with E-state index in [0.717, 1.165) is 11.4 Å². The molecule has 0 aromatic carbocycles. The van der Waals surface area contributed by atoms with E-state index in [2.05, 4.69) is 31.0 Å². The first-order chi connectivity index (χ1) is 9.53. The van der Waals surface area contributed by atoms with Gasteiger partial charge in [0.05, 0.1) is 3.79 Å². The molecule has 2 heterocycles. The molecule has 0 bridgehead atoms. The number of aromatic nitrogens is 1. The first-order valence-electron chi connectivity index (χ1n) is 5.95. The summed E-state index contributed by atoms with van der Waals surface area (Å²) >= 11 is 4.72. The lowest BCUT2D eigenvalue weighted by atomic mass is 10.4. The number of hydrogen-bond acceptors (Lipinski definition) is 5. The number of thiophene rings is 1. The van der Waals surface area contributed by atoms with Crippen LogP contribution in [0.2, 0.25) is 0 Å². The van der Waals surface area contributed by atoms with Gasteiger partial charge in [0.2, 0.25) is 0 Å². The van der Waals surface area contributed by atoms with Gasteiger partial charge < -0.3 is 5.32 Å². The minimum absolute atomic E-state index is 0.237. The second-order valence-electron chi connectivity index (χ2n) is 3.95. The first-order valence-corrected chi connectivity index (χ1v) is 9.05. The van der Waals surface area contributed by atoms with Crippen molar-refractivity contribution in [2.24, 2.45) is 0 Å². The standard InChI is InChI=1S/C12H14BrN3O2S2/c1-2-14-8-9-7-10(12(13)19-9)20(17,18)16-11-5-3-4-6-15-11/h3-7,14H,2,8H2,1H3,(H,15,16). The molecule has 0 amide bonds. The molecule has 2 aromatic rings. The number of hydrogen-bond donors (Lipinski definition) is 2. The quantitative estimate of drug-likeness (QED) is 0.814. The zero-order valence-electron chi connectivity index (χ0n) is 10.8. The van der Waals surface area contributed by atoms with Crippen molar-refractivity contribution in [1.82, 2.24) is 10.3 Å². The van der Waals surface area contributed by atoms with Gasteiger partial charge in [0, 0.05) is 17.6 Å². The SMILES string of the molecule is CCNCc1cc(S(=O)(=O)Nc2ccccn2)c(Br)s1. The lowest BCUT2D eigenvalue weighted by Crippen LogP contribution is -2.14. The van der Waals surface area contributed by atoms with Gasteiger partial charge in [-0.1, -0.05) is 13.0 Å². The third-order valence-electron chi connectivity index (χ3n) is 2.45. The molecule has 0 fully saturated rings. The van der Waals surface area contributed by atoms with E-state index < -0.39 is 10.0 Å². The topological polar surface area (TPSA) is 71.1 Å². The van der Waals surface area contributed by atoms with Crippen molar-refractivity contribution in [1.29, 1.82) is 0 Å². The molecule has 20 heavy (non-hydrogen) atoms. The Morgan fingerprint density at radius 2 is 2.20 bits per heavy atom. The highest BCUT2D eigenvalue weighted by Crippen LogP contribution is 2.32. The maximum absolute atomic E-state index is 12.3. The maximum Gasteiger partial charge on any atom is 0.265 e. The average molecular weight is 376 g/mol. The number of nitrogens with zero attached hydrogens (tertiary/aromatic N) is 1. The van der Waals surface area contributed by atoms with Gasteiger partial charge in [0.1, 0.15) is 10.7 Å². The summed E-state index contributed by atoms with van der Waals surface area (Å²) in [4.78, 5) is 5.16. The lowest BCUT2D eigenvalue weighted by Gasteiger charge is -2.05. The van der Waals surface area contributed by atoms with E-state index in [0.29, 0.717) is 16.1 Å². The van der Waals surface area contributed by atoms with Gasteiger partial charge in [0.15, 0.2) is 0 Å². The fourth-order valence-electron chi connectivity index (χ4n) is 1.53. The Morgan fingerprint density at radius 3 is 2.85 bits per heavy atom. The predicted molar refractivity (Wildman–Crippen MR) is 84.4 cm³/mol. The number of rotatable bonds is 6. The predicted octanol–water partition coefficient (Wildman–Crippen LogP) is 2.82. The zero-order valence-corrected chi connectivity index (χ0v) is 14.0. The molecule has 0 aliphatic heterocycles. The summed E-state index contributed by atoms with van der Waals surface area (Å²) in [6.45, 7) is 3.49. The van der Waals surface area contributed by atoms with Crippen LogP contribution in [0.5, 0.6) is 0 Å². The Morgan fingerprint density at radius 1 is 1.40 bits per heavy atom. The maximum atomic E-state index is 12.3. The lowest BCUT2D eigenvalue weighted by molar-refractivity contribution is 0.601. The molecule has 2 aromatic heterocycles. The summed E-state index contributed by atoms with van der Waals surface area (Å²) in [5.41, 5.74) is 0. The highest BCUT2D eigenvalue weighted by atomic mass is 79.9. The minimum Gasteiger partial charge on any atom is -0.312 e. The molecule has 2 rings (SSSR count). The van der Waals surface area contributed by atoms with Gasteiger partial charge in [-0.15, -0.1) is 11.3 Å². The third-order valence-corrected chi connectivity index (χ3v) is 6.06. The normalized spacial score (nSPS) is 11.5. The fraction of sp³-hybridized carbons (Fsp3) is 0.250. The molecule has 0 atom stereocenters. The van der Waals surface area contributed by atoms with Crippen molar-refractivity contribution in [3.63, 3.8) is 0 Å². The van der Waals surface area contributed by atoms with Crippen LogP contribution in [-0.2, 0) is 16.6 Å². The Bertz CT molecular complexity index is 671. The van der Waals surface area contributed by atoms with Crippen molar-refractivity contribution in [2.45, 2.75) is 18.4 Å². The number of sulfonamides is 1. The van der Waals surface area contributed by atoms with Gasteiger partial charge in [0.25, 0.3) is 10.0 Å². The molecular weight excluding hydrogens is 362 g/mol. The van der Waals surface area contributed by atoms with Gasteiger partial charge in [-0.3, -0.25) is 4.72 Å². The molecule has 0 saturated carbocycles. The van der Waals surface area contributed by atoms with E-state index in [1.807, 2.05) is 6.92 Å². The highest BCUT2D eigenvalue weighted by Gasteiger charge is 2.21. The summed E-state index contributed by atoms with van der Waals surface area (Å²) in [6, 6.07) is 6.73. The third kappa shape index (κ3) is 3.78. The highest BCUT2D eigenvalue weighted by molar-refractivity contribution is 9.11. The van der Waals surface area contributed by atoms with E-state index in [1.165, 1.54) is 17.5 Å². The van der Waals surface area contributed by atoms with Crippen LogP contribution in [-0.4, -0.2) is 19.9 Å². The van der Waals surface area contributed by atoms with E-state index in [1.54, 1.807) is 24.3 Å². The summed E-state index contributed by atoms with van der Waals surface area (Å²) in [7, 11) is -3.62. The average Bonchev–Trinajstić information content (AvgIpc) is 2.79. The molecule has 5 nitrogen and oxygen atoms in total. The minimum atomic E-state index is -3.62. The first kappa shape index (κ1) is 15.4. The zero-order chi connectivity index (χ0) is 14.6. The van der Waals surface area contributed by atoms with Crippen molar-refractivity contribution in [2.75, 3.05) is 11.3 Å². The van der Waals surface area contributed by atoms with E-state index in [4.69, 9.17) is 0 Å². The molecule has 0 aliphatic rings. The molecular formula is C12H14BrN3O2S2. The summed E-state index contributed by atoms with van der Waals surface area (Å²) in [5, 5.41) is 3.17. The van der Waals surface area contributed by atoms with Crippen LogP contribution in [0.1, 0.15) is 11.8 Å². The Kier molecular flexibility index (Phi) is 5.14. The number of anilines is 1. The Hall–Kier alpha value is -0.960. The molecule has 2 N–H and O–H groups in total. The van der Waals surface area contributed by atoms with Crippen molar-refractivity contribution >= 4 is 43.1 Å². The van der Waals surface area contributed by atoms with E-state index in [9.17, 15) is 8.42 Å². The van der Waals surface area contributed by atoms with E-state index >= 15 is 0 Å². The van der Waals surface area contributed by atoms with Crippen LogP contribution in [0.3, 0.4) is 0 Å². The molecule has 108 valence electrons. The molecule has 8 heteroatoms. The molecule has 0 spiro atoms. The van der Waals surface area contributed by atoms with Crippen LogP contribution in [0.25, 0.3) is 0 Å². The van der Waals surface area contributed by atoms with Crippen molar-refractivity contribution in [3.8, 4) is 0 Å². The monoisotopic (exact) mass is 375 g/mol. The van der Waals surface area contributed by atoms with Gasteiger partial charge in [-0.05, 0) is 40.7 Å². The number of halogens is 1. The Balaban J connectivity index is 2.23. The van der Waals surface area contributed by atoms with Gasteiger partial charge in [-0.25, -0.2) is 13.4 Å². The molecule has 0 radical (unpaired) electrons. The van der Waals surface area contributed by atoms with Crippen LogP contribution in [0, 0.1) is 0 Å². The second-order valence-corrected chi connectivity index (χ2v) is 8.06. The number of pyridine rings is 1. The van der Waals surface area contributed by atoms with Gasteiger partial charge >= 0.3 is 0 Å². The Labute approximate surface area is 130 Å². The second kappa shape index (κ2) is 6.66. The van der Waals surface area contributed by atoms with Crippen molar-refractivity contribution in [3.05, 3.63) is 39.1 Å². The smallest absolute Gasteiger partial charge is 0.265 e. The largest absolute Gasteiger partial charge is 0.312 e.